The summed E-state index contributed by atoms with van der Waals surface area (Å²) in [6, 6.07) is 12.8. The molecule has 2 atom stereocenters. The molecule has 1 aromatic carbocycles. The summed E-state index contributed by atoms with van der Waals surface area (Å²) in [6.45, 7) is 4.53. The van der Waals surface area contributed by atoms with Crippen LogP contribution in [0.15, 0.2) is 59.8 Å². The molecular weight excluding hydrogens is 354 g/mol. The average Bonchev–Trinajstić information content (AvgIpc) is 2.71. The van der Waals surface area contributed by atoms with Gasteiger partial charge in [0.05, 0.1) is 24.2 Å². The van der Waals surface area contributed by atoms with Gasteiger partial charge in [-0.15, -0.1) is 0 Å². The Morgan fingerprint density at radius 1 is 1.25 bits per heavy atom. The first-order chi connectivity index (χ1) is 13.5. The maximum Gasteiger partial charge on any atom is 0.255 e. The zero-order chi connectivity index (χ0) is 19.7. The molecule has 0 aliphatic carbocycles. The first-order valence-electron chi connectivity index (χ1n) is 9.32. The molecule has 2 N–H and O–H groups in total. The van der Waals surface area contributed by atoms with Crippen molar-refractivity contribution in [3.63, 3.8) is 0 Å². The molecule has 1 aliphatic heterocycles. The fourth-order valence-corrected chi connectivity index (χ4v) is 3.69. The zero-order valence-electron chi connectivity index (χ0n) is 15.9. The predicted molar refractivity (Wildman–Crippen MR) is 105 cm³/mol. The van der Waals surface area contributed by atoms with E-state index in [0.29, 0.717) is 30.3 Å². The molecule has 2 aromatic heterocycles. The quantitative estimate of drug-likeness (QED) is 0.724. The van der Waals surface area contributed by atoms with Crippen molar-refractivity contribution in [3.8, 4) is 11.4 Å². The normalized spacial score (nSPS) is 19.0. The minimum atomic E-state index is -0.654. The van der Waals surface area contributed by atoms with Crippen molar-refractivity contribution in [3.05, 3.63) is 76.7 Å². The van der Waals surface area contributed by atoms with Gasteiger partial charge in [-0.3, -0.25) is 14.7 Å². The summed E-state index contributed by atoms with van der Waals surface area (Å²) in [6.07, 6.45) is 2.86. The number of hydrogen-bond donors (Lipinski definition) is 2. The van der Waals surface area contributed by atoms with Crippen LogP contribution < -0.4 is 10.9 Å². The highest BCUT2D eigenvalue weighted by molar-refractivity contribution is 5.52. The van der Waals surface area contributed by atoms with Crippen LogP contribution in [-0.4, -0.2) is 30.2 Å². The third-order valence-corrected chi connectivity index (χ3v) is 5.40. The van der Waals surface area contributed by atoms with E-state index in [1.165, 1.54) is 12.4 Å². The van der Waals surface area contributed by atoms with Crippen LogP contribution >= 0.6 is 0 Å². The maximum absolute atomic E-state index is 12.7. The Balaban J connectivity index is 1.77. The highest BCUT2D eigenvalue weighted by Gasteiger charge is 2.39. The second-order valence-electron chi connectivity index (χ2n) is 7.63. The summed E-state index contributed by atoms with van der Waals surface area (Å²) in [5, 5.41) is 14.2. The van der Waals surface area contributed by atoms with Crippen LogP contribution in [0.5, 0.6) is 0 Å². The number of fused-ring (bicyclic) bond motifs is 1. The lowest BCUT2D eigenvalue weighted by Crippen LogP contribution is -2.53. The summed E-state index contributed by atoms with van der Waals surface area (Å²) in [4.78, 5) is 25.7. The molecule has 3 aromatic rings. The van der Waals surface area contributed by atoms with E-state index in [9.17, 15) is 9.90 Å². The van der Waals surface area contributed by atoms with Gasteiger partial charge >= 0.3 is 0 Å². The molecule has 0 bridgehead atoms. The molecule has 0 fully saturated rings. The van der Waals surface area contributed by atoms with Gasteiger partial charge in [0, 0.05) is 23.7 Å². The summed E-state index contributed by atoms with van der Waals surface area (Å²) < 4.78 is 1.64. The zero-order valence-corrected chi connectivity index (χ0v) is 15.9. The highest BCUT2D eigenvalue weighted by atomic mass is 16.3. The van der Waals surface area contributed by atoms with Gasteiger partial charge in [0.25, 0.3) is 5.56 Å². The maximum atomic E-state index is 12.7. The number of aliphatic hydroxyl groups is 1. The van der Waals surface area contributed by atoms with Gasteiger partial charge in [0.15, 0.2) is 0 Å². The number of aliphatic hydroxyl groups excluding tert-OH is 1. The van der Waals surface area contributed by atoms with Crippen LogP contribution in [0.1, 0.15) is 43.7 Å². The van der Waals surface area contributed by atoms with Crippen molar-refractivity contribution in [2.75, 3.05) is 0 Å². The van der Waals surface area contributed by atoms with E-state index in [-0.39, 0.29) is 17.0 Å². The van der Waals surface area contributed by atoms with Crippen molar-refractivity contribution < 1.29 is 5.11 Å². The molecule has 3 heterocycles. The smallest absolute Gasteiger partial charge is 0.255 e. The van der Waals surface area contributed by atoms with E-state index in [1.807, 2.05) is 30.3 Å². The van der Waals surface area contributed by atoms with Crippen molar-refractivity contribution in [2.45, 2.75) is 44.5 Å². The largest absolute Gasteiger partial charge is 0.388 e. The molecule has 7 nitrogen and oxygen atoms in total. The Morgan fingerprint density at radius 3 is 2.75 bits per heavy atom. The molecule has 144 valence electrons. The molecule has 7 heteroatoms. The Morgan fingerprint density at radius 2 is 2.04 bits per heavy atom. The van der Waals surface area contributed by atoms with Gasteiger partial charge < -0.3 is 5.11 Å². The number of nitrogens with one attached hydrogen (secondary N) is 1. The summed E-state index contributed by atoms with van der Waals surface area (Å²) in [5.41, 5.74) is 1.51. The van der Waals surface area contributed by atoms with Gasteiger partial charge in [-0.25, -0.2) is 15.0 Å². The molecule has 0 saturated heterocycles. The molecule has 0 radical (unpaired) electrons. The average molecular weight is 377 g/mol. The third-order valence-electron chi connectivity index (χ3n) is 5.40. The molecule has 4 rings (SSSR count). The van der Waals surface area contributed by atoms with Crippen molar-refractivity contribution in [1.29, 1.82) is 0 Å². The van der Waals surface area contributed by atoms with E-state index >= 15 is 0 Å². The van der Waals surface area contributed by atoms with Gasteiger partial charge in [-0.2, -0.15) is 0 Å². The van der Waals surface area contributed by atoms with Crippen molar-refractivity contribution in [1.82, 2.24) is 24.8 Å². The van der Waals surface area contributed by atoms with Crippen LogP contribution in [0, 0.1) is 0 Å². The molecule has 2 unspecified atom stereocenters. The fourth-order valence-electron chi connectivity index (χ4n) is 3.69. The summed E-state index contributed by atoms with van der Waals surface area (Å²) in [5.74, 6) is 0.505. The number of nitrogens with zero attached hydrogens (tertiary/aromatic N) is 4. The van der Waals surface area contributed by atoms with E-state index in [0.717, 1.165) is 5.56 Å². The first-order valence-corrected chi connectivity index (χ1v) is 9.32. The van der Waals surface area contributed by atoms with E-state index in [4.69, 9.17) is 4.98 Å². The van der Waals surface area contributed by atoms with E-state index in [1.54, 1.807) is 16.8 Å². The van der Waals surface area contributed by atoms with Crippen molar-refractivity contribution >= 4 is 0 Å². The van der Waals surface area contributed by atoms with Gasteiger partial charge in [-0.1, -0.05) is 30.3 Å². The van der Waals surface area contributed by atoms with Crippen molar-refractivity contribution in [2.24, 2.45) is 0 Å². The van der Waals surface area contributed by atoms with Gasteiger partial charge in [0.1, 0.15) is 12.2 Å². The standard InChI is InChI=1S/C21H23N5O2/c1-21(2)15(10-18(27)14-6-4-3-5-7-14)20-25-17(16-8-9-22-12-23-16)11-19(28)26(20)13-24-21/h3-9,11-12,15,18,24,27H,10,13H2,1-2H3. The highest BCUT2D eigenvalue weighted by Crippen LogP contribution is 2.37. The topological polar surface area (TPSA) is 92.9 Å². The lowest BCUT2D eigenvalue weighted by atomic mass is 9.80. The Labute approximate surface area is 163 Å². The lowest BCUT2D eigenvalue weighted by Gasteiger charge is -2.41. The lowest BCUT2D eigenvalue weighted by molar-refractivity contribution is 0.119. The minimum absolute atomic E-state index is 0.138. The number of rotatable bonds is 4. The summed E-state index contributed by atoms with van der Waals surface area (Å²) >= 11 is 0. The molecule has 1 aliphatic rings. The van der Waals surface area contributed by atoms with Crippen LogP contribution in [0.3, 0.4) is 0 Å². The third kappa shape index (κ3) is 3.46. The second kappa shape index (κ2) is 7.26. The number of aromatic nitrogens is 4. The van der Waals surface area contributed by atoms with Crippen LogP contribution in [-0.2, 0) is 6.67 Å². The fraction of sp³-hybridized carbons (Fsp3) is 0.333. The van der Waals surface area contributed by atoms with E-state index in [2.05, 4.69) is 29.1 Å². The molecular formula is C21H23N5O2. The van der Waals surface area contributed by atoms with Crippen LogP contribution in [0.2, 0.25) is 0 Å². The monoisotopic (exact) mass is 377 g/mol. The predicted octanol–water partition coefficient (Wildman–Crippen LogP) is 2.25. The van der Waals surface area contributed by atoms with Crippen LogP contribution in [0.25, 0.3) is 11.4 Å². The summed E-state index contributed by atoms with van der Waals surface area (Å²) in [7, 11) is 0. The molecule has 28 heavy (non-hydrogen) atoms. The first kappa shape index (κ1) is 18.5. The Bertz CT molecular complexity index is 1020. The van der Waals surface area contributed by atoms with Crippen LogP contribution in [0.4, 0.5) is 0 Å². The minimum Gasteiger partial charge on any atom is -0.388 e. The number of hydrogen-bond acceptors (Lipinski definition) is 6. The number of benzene rings is 1. The second-order valence-corrected chi connectivity index (χ2v) is 7.63. The molecule has 0 spiro atoms. The molecule has 0 saturated carbocycles. The van der Waals surface area contributed by atoms with Gasteiger partial charge in [-0.05, 0) is 31.9 Å². The SMILES string of the molecule is CC1(C)NCn2c(nc(-c3ccncn3)cc2=O)C1CC(O)c1ccccc1. The van der Waals surface area contributed by atoms with Gasteiger partial charge in [0.2, 0.25) is 0 Å². The molecule has 0 amide bonds. The Hall–Kier alpha value is -2.90. The Kier molecular flexibility index (Phi) is 4.78. The van der Waals surface area contributed by atoms with E-state index < -0.39 is 6.10 Å².